The molecular formula is C13H22N4O. The second-order valence-electron chi connectivity index (χ2n) is 4.88. The third-order valence-corrected chi connectivity index (χ3v) is 3.52. The van der Waals surface area contributed by atoms with Crippen LogP contribution in [0.4, 0.5) is 0 Å². The number of rotatable bonds is 5. The second kappa shape index (κ2) is 6.00. The topological polar surface area (TPSA) is 50.2 Å². The highest BCUT2D eigenvalue weighted by Crippen LogP contribution is 2.08. The third kappa shape index (κ3) is 3.10. The van der Waals surface area contributed by atoms with Gasteiger partial charge in [-0.2, -0.15) is 0 Å². The molecule has 100 valence electrons. The molecule has 1 aromatic heterocycles. The van der Waals surface area contributed by atoms with Crippen LogP contribution in [0.25, 0.3) is 0 Å². The first kappa shape index (κ1) is 13.1. The van der Waals surface area contributed by atoms with E-state index in [4.69, 9.17) is 0 Å². The zero-order valence-electron chi connectivity index (χ0n) is 11.2. The van der Waals surface area contributed by atoms with E-state index in [1.165, 1.54) is 0 Å². The first-order valence-electron chi connectivity index (χ1n) is 6.68. The van der Waals surface area contributed by atoms with Crippen molar-refractivity contribution in [2.75, 3.05) is 19.6 Å². The molecule has 1 fully saturated rings. The van der Waals surface area contributed by atoms with Gasteiger partial charge in [-0.05, 0) is 26.7 Å². The summed E-state index contributed by atoms with van der Waals surface area (Å²) in [4.78, 5) is 18.2. The van der Waals surface area contributed by atoms with Crippen molar-refractivity contribution < 1.29 is 4.79 Å². The van der Waals surface area contributed by atoms with E-state index in [-0.39, 0.29) is 11.9 Å². The van der Waals surface area contributed by atoms with Crippen LogP contribution in [0.1, 0.15) is 25.6 Å². The van der Waals surface area contributed by atoms with Gasteiger partial charge in [-0.15, -0.1) is 0 Å². The molecule has 0 aliphatic carbocycles. The predicted octanol–water partition coefficient (Wildman–Crippen LogP) is 0.792. The fourth-order valence-electron chi connectivity index (χ4n) is 2.34. The van der Waals surface area contributed by atoms with Gasteiger partial charge in [0.05, 0.1) is 6.04 Å². The molecule has 1 aliphatic rings. The summed E-state index contributed by atoms with van der Waals surface area (Å²) < 4.78 is 2.08. The maximum Gasteiger partial charge on any atom is 0.239 e. The van der Waals surface area contributed by atoms with Crippen LogP contribution in [0.3, 0.4) is 0 Å². The molecule has 2 rings (SSSR count). The molecule has 5 heteroatoms. The maximum atomic E-state index is 12.0. The molecule has 1 saturated heterocycles. The SMILES string of the molecule is Cc1nccn1CCNC(C)C(=O)N1CCCC1. The monoisotopic (exact) mass is 250 g/mol. The van der Waals surface area contributed by atoms with Crippen molar-refractivity contribution >= 4 is 5.91 Å². The van der Waals surface area contributed by atoms with Crippen LogP contribution < -0.4 is 5.32 Å². The first-order chi connectivity index (χ1) is 8.68. The number of hydrogen-bond donors (Lipinski definition) is 1. The molecule has 2 heterocycles. The van der Waals surface area contributed by atoms with Gasteiger partial charge in [-0.25, -0.2) is 4.98 Å². The van der Waals surface area contributed by atoms with Gasteiger partial charge in [0, 0.05) is 38.6 Å². The van der Waals surface area contributed by atoms with Crippen molar-refractivity contribution in [3.8, 4) is 0 Å². The normalized spacial score (nSPS) is 17.1. The number of nitrogens with zero attached hydrogens (tertiary/aromatic N) is 3. The van der Waals surface area contributed by atoms with Crippen LogP contribution in [-0.2, 0) is 11.3 Å². The van der Waals surface area contributed by atoms with Crippen LogP contribution >= 0.6 is 0 Å². The standard InChI is InChI=1S/C13H22N4O/c1-11(13(18)17-7-3-4-8-17)14-5-9-16-10-6-15-12(16)2/h6,10-11,14H,3-5,7-9H2,1-2H3. The first-order valence-corrected chi connectivity index (χ1v) is 6.68. The molecule has 5 nitrogen and oxygen atoms in total. The average molecular weight is 250 g/mol. The van der Waals surface area contributed by atoms with Crippen LogP contribution in [0.15, 0.2) is 12.4 Å². The maximum absolute atomic E-state index is 12.0. The van der Waals surface area contributed by atoms with Crippen LogP contribution in [0.2, 0.25) is 0 Å². The van der Waals surface area contributed by atoms with Gasteiger partial charge < -0.3 is 14.8 Å². The van der Waals surface area contributed by atoms with Gasteiger partial charge >= 0.3 is 0 Å². The summed E-state index contributed by atoms with van der Waals surface area (Å²) in [6, 6.07) is -0.0908. The summed E-state index contributed by atoms with van der Waals surface area (Å²) in [5.41, 5.74) is 0. The van der Waals surface area contributed by atoms with Gasteiger partial charge in [0.15, 0.2) is 0 Å². The van der Waals surface area contributed by atoms with Crippen molar-refractivity contribution in [3.05, 3.63) is 18.2 Å². The highest BCUT2D eigenvalue weighted by atomic mass is 16.2. The van der Waals surface area contributed by atoms with Crippen LogP contribution in [0.5, 0.6) is 0 Å². The van der Waals surface area contributed by atoms with E-state index in [2.05, 4.69) is 14.9 Å². The minimum Gasteiger partial charge on any atom is -0.341 e. The van der Waals surface area contributed by atoms with Crippen LogP contribution in [-0.4, -0.2) is 46.0 Å². The van der Waals surface area contributed by atoms with Gasteiger partial charge in [0.25, 0.3) is 0 Å². The number of carbonyl (C=O) groups is 1. The molecule has 0 radical (unpaired) electrons. The van der Waals surface area contributed by atoms with Gasteiger partial charge in [-0.1, -0.05) is 0 Å². The number of aryl methyl sites for hydroxylation is 1. The Labute approximate surface area is 108 Å². The van der Waals surface area contributed by atoms with E-state index < -0.39 is 0 Å². The van der Waals surface area contributed by atoms with E-state index in [1.54, 1.807) is 6.20 Å². The molecule has 0 bridgehead atoms. The van der Waals surface area contributed by atoms with Crippen molar-refractivity contribution in [2.24, 2.45) is 0 Å². The number of aromatic nitrogens is 2. The zero-order valence-corrected chi connectivity index (χ0v) is 11.2. The van der Waals surface area contributed by atoms with E-state index >= 15 is 0 Å². The lowest BCUT2D eigenvalue weighted by atomic mass is 10.3. The summed E-state index contributed by atoms with van der Waals surface area (Å²) in [5.74, 6) is 1.24. The smallest absolute Gasteiger partial charge is 0.239 e. The van der Waals surface area contributed by atoms with Crippen molar-refractivity contribution in [1.82, 2.24) is 19.8 Å². The molecule has 1 aliphatic heterocycles. The lowest BCUT2D eigenvalue weighted by Gasteiger charge is -2.21. The molecule has 18 heavy (non-hydrogen) atoms. The highest BCUT2D eigenvalue weighted by Gasteiger charge is 2.22. The molecular weight excluding hydrogens is 228 g/mol. The summed E-state index contributed by atoms with van der Waals surface area (Å²) in [6.45, 7) is 7.42. The van der Waals surface area contributed by atoms with E-state index in [0.29, 0.717) is 0 Å². The van der Waals surface area contributed by atoms with E-state index in [0.717, 1.165) is 44.8 Å². The quantitative estimate of drug-likeness (QED) is 0.840. The molecule has 1 unspecified atom stereocenters. The Bertz CT molecular complexity index is 395. The molecule has 1 aromatic rings. The fraction of sp³-hybridized carbons (Fsp3) is 0.692. The largest absolute Gasteiger partial charge is 0.341 e. The molecule has 1 atom stereocenters. The molecule has 0 spiro atoms. The number of nitrogens with one attached hydrogen (secondary N) is 1. The number of likely N-dealkylation sites (tertiary alicyclic amines) is 1. The lowest BCUT2D eigenvalue weighted by Crippen LogP contribution is -2.44. The van der Waals surface area contributed by atoms with Crippen molar-refractivity contribution in [1.29, 1.82) is 0 Å². The summed E-state index contributed by atoms with van der Waals surface area (Å²) in [6.07, 6.45) is 6.05. The summed E-state index contributed by atoms with van der Waals surface area (Å²) in [7, 11) is 0. The zero-order chi connectivity index (χ0) is 13.0. The molecule has 1 amide bonds. The Kier molecular flexibility index (Phi) is 4.36. The van der Waals surface area contributed by atoms with Gasteiger partial charge in [0.1, 0.15) is 5.82 Å². The van der Waals surface area contributed by atoms with Crippen molar-refractivity contribution in [2.45, 2.75) is 39.3 Å². The Hall–Kier alpha value is -1.36. The molecule has 0 aromatic carbocycles. The summed E-state index contributed by atoms with van der Waals surface area (Å²) >= 11 is 0. The average Bonchev–Trinajstić information content (AvgIpc) is 3.00. The lowest BCUT2D eigenvalue weighted by molar-refractivity contribution is -0.131. The highest BCUT2D eigenvalue weighted by molar-refractivity contribution is 5.81. The molecule has 1 N–H and O–H groups in total. The second-order valence-corrected chi connectivity index (χ2v) is 4.88. The Morgan fingerprint density at radius 1 is 1.50 bits per heavy atom. The third-order valence-electron chi connectivity index (χ3n) is 3.52. The van der Waals surface area contributed by atoms with Gasteiger partial charge in [-0.3, -0.25) is 4.79 Å². The Balaban J connectivity index is 1.72. The number of carbonyl (C=O) groups excluding carboxylic acids is 1. The molecule has 0 saturated carbocycles. The number of hydrogen-bond acceptors (Lipinski definition) is 3. The van der Waals surface area contributed by atoms with Crippen LogP contribution in [0, 0.1) is 6.92 Å². The van der Waals surface area contributed by atoms with Gasteiger partial charge in [0.2, 0.25) is 5.91 Å². The number of amides is 1. The van der Waals surface area contributed by atoms with E-state index in [9.17, 15) is 4.79 Å². The minimum absolute atomic E-state index is 0.0908. The van der Waals surface area contributed by atoms with E-state index in [1.807, 2.05) is 24.9 Å². The Morgan fingerprint density at radius 2 is 2.22 bits per heavy atom. The Morgan fingerprint density at radius 3 is 2.83 bits per heavy atom. The predicted molar refractivity (Wildman–Crippen MR) is 70.2 cm³/mol. The minimum atomic E-state index is -0.0908. The fourth-order valence-corrected chi connectivity index (χ4v) is 2.34. The van der Waals surface area contributed by atoms with Crippen molar-refractivity contribution in [3.63, 3.8) is 0 Å². The summed E-state index contributed by atoms with van der Waals surface area (Å²) in [5, 5.41) is 3.28. The number of imidazole rings is 1.